The first-order valence-corrected chi connectivity index (χ1v) is 6.74. The van der Waals surface area contributed by atoms with Gasteiger partial charge in [0, 0.05) is 18.7 Å². The van der Waals surface area contributed by atoms with Crippen LogP contribution in [0.15, 0.2) is 0 Å². The Labute approximate surface area is 91.4 Å². The second kappa shape index (κ2) is 7.30. The van der Waals surface area contributed by atoms with Crippen molar-refractivity contribution in [2.45, 2.75) is 32.6 Å². The first kappa shape index (κ1) is 12.1. The summed E-state index contributed by atoms with van der Waals surface area (Å²) in [5.74, 6) is 2.94. The molecule has 1 saturated heterocycles. The van der Waals surface area contributed by atoms with Gasteiger partial charge in [-0.05, 0) is 45.0 Å². The molecule has 0 spiro atoms. The lowest BCUT2D eigenvalue weighted by Gasteiger charge is -2.18. The van der Waals surface area contributed by atoms with E-state index in [4.69, 9.17) is 0 Å². The lowest BCUT2D eigenvalue weighted by atomic mass is 10.2. The van der Waals surface area contributed by atoms with Crippen molar-refractivity contribution in [1.29, 1.82) is 0 Å². The van der Waals surface area contributed by atoms with Gasteiger partial charge in [-0.2, -0.15) is 11.8 Å². The van der Waals surface area contributed by atoms with Crippen LogP contribution in [0.2, 0.25) is 0 Å². The molecule has 0 bridgehead atoms. The fourth-order valence-electron chi connectivity index (χ4n) is 1.73. The molecule has 0 radical (unpaired) electrons. The molecule has 0 aromatic heterocycles. The Bertz CT molecular complexity index is 165. The summed E-state index contributed by atoms with van der Waals surface area (Å²) in [5.41, 5.74) is 0. The molecule has 0 aromatic rings. The topological polar surface area (TPSA) is 20.3 Å². The van der Waals surface area contributed by atoms with Crippen LogP contribution in [0, 0.1) is 0 Å². The van der Waals surface area contributed by atoms with E-state index in [1.54, 1.807) is 6.92 Å². The molecule has 0 unspecified atom stereocenters. The summed E-state index contributed by atoms with van der Waals surface area (Å²) in [7, 11) is 0. The maximum absolute atomic E-state index is 10.7. The number of hydrogen-bond donors (Lipinski definition) is 0. The maximum atomic E-state index is 10.7. The first-order valence-electron chi connectivity index (χ1n) is 5.58. The van der Waals surface area contributed by atoms with Gasteiger partial charge in [0.05, 0.1) is 0 Å². The number of Topliss-reactive ketones (excluding diaryl/α,β-unsaturated/α-hetero) is 1. The number of unbranched alkanes of at least 4 members (excludes halogenated alkanes) is 1. The van der Waals surface area contributed by atoms with Crippen molar-refractivity contribution >= 4 is 17.5 Å². The molecule has 0 N–H and O–H groups in total. The summed E-state index contributed by atoms with van der Waals surface area (Å²) >= 11 is 2.07. The van der Waals surface area contributed by atoms with Crippen molar-refractivity contribution < 1.29 is 4.79 Å². The lowest BCUT2D eigenvalue weighted by Crippen LogP contribution is -2.27. The van der Waals surface area contributed by atoms with Crippen molar-refractivity contribution in [3.63, 3.8) is 0 Å². The number of nitrogens with zero attached hydrogens (tertiary/aromatic N) is 1. The molecule has 1 heterocycles. The Kier molecular flexibility index (Phi) is 6.28. The van der Waals surface area contributed by atoms with Gasteiger partial charge < -0.3 is 9.69 Å². The van der Waals surface area contributed by atoms with Gasteiger partial charge in [0.25, 0.3) is 0 Å². The van der Waals surface area contributed by atoms with Crippen molar-refractivity contribution in [3.05, 3.63) is 0 Å². The molecule has 0 aliphatic carbocycles. The normalized spacial score (nSPS) is 19.2. The molecular formula is C11H21NOS. The van der Waals surface area contributed by atoms with Crippen LogP contribution in [-0.4, -0.2) is 41.8 Å². The minimum atomic E-state index is 0.330. The predicted molar refractivity (Wildman–Crippen MR) is 62.9 cm³/mol. The number of hydrogen-bond acceptors (Lipinski definition) is 3. The molecular weight excluding hydrogens is 194 g/mol. The molecule has 2 nitrogen and oxygen atoms in total. The zero-order valence-corrected chi connectivity index (χ0v) is 9.94. The van der Waals surface area contributed by atoms with Crippen LogP contribution in [0.3, 0.4) is 0 Å². The molecule has 14 heavy (non-hydrogen) atoms. The van der Waals surface area contributed by atoms with Crippen LogP contribution in [-0.2, 0) is 4.79 Å². The largest absolute Gasteiger partial charge is 0.302 e. The minimum absolute atomic E-state index is 0.330. The van der Waals surface area contributed by atoms with Crippen LogP contribution < -0.4 is 0 Å². The maximum Gasteiger partial charge on any atom is 0.129 e. The number of carbonyl (C=O) groups is 1. The van der Waals surface area contributed by atoms with Crippen molar-refractivity contribution in [2.75, 3.05) is 31.1 Å². The highest BCUT2D eigenvalue weighted by molar-refractivity contribution is 7.99. The zero-order valence-electron chi connectivity index (χ0n) is 9.13. The highest BCUT2D eigenvalue weighted by Gasteiger charge is 2.08. The Balaban J connectivity index is 2.01. The summed E-state index contributed by atoms with van der Waals surface area (Å²) in [4.78, 5) is 13.3. The van der Waals surface area contributed by atoms with Gasteiger partial charge in [-0.1, -0.05) is 0 Å². The highest BCUT2D eigenvalue weighted by Crippen LogP contribution is 2.10. The van der Waals surface area contributed by atoms with Crippen LogP contribution in [0.1, 0.15) is 32.6 Å². The van der Waals surface area contributed by atoms with E-state index in [2.05, 4.69) is 16.7 Å². The molecule has 1 fully saturated rings. The van der Waals surface area contributed by atoms with Crippen LogP contribution in [0.5, 0.6) is 0 Å². The van der Waals surface area contributed by atoms with Crippen molar-refractivity contribution in [2.24, 2.45) is 0 Å². The minimum Gasteiger partial charge on any atom is -0.302 e. The summed E-state index contributed by atoms with van der Waals surface area (Å²) in [6, 6.07) is 0. The molecule has 0 saturated carbocycles. The fourth-order valence-corrected chi connectivity index (χ4v) is 2.66. The van der Waals surface area contributed by atoms with Gasteiger partial charge in [0.15, 0.2) is 0 Å². The van der Waals surface area contributed by atoms with Gasteiger partial charge in [0.2, 0.25) is 0 Å². The Hall–Kier alpha value is -0.0200. The van der Waals surface area contributed by atoms with Gasteiger partial charge >= 0.3 is 0 Å². The SMILES string of the molecule is CC(=O)CCCCN1CCCSCC1. The molecule has 1 aliphatic heterocycles. The number of rotatable bonds is 5. The predicted octanol–water partition coefficient (Wildman–Crippen LogP) is 2.18. The standard InChI is InChI=1S/C11H21NOS/c1-11(13)5-2-3-6-12-7-4-9-14-10-8-12/h2-10H2,1H3. The van der Waals surface area contributed by atoms with Crippen molar-refractivity contribution in [3.8, 4) is 0 Å². The third-order valence-electron chi connectivity index (χ3n) is 2.57. The number of thioether (sulfide) groups is 1. The highest BCUT2D eigenvalue weighted by atomic mass is 32.2. The van der Waals surface area contributed by atoms with Crippen LogP contribution >= 0.6 is 11.8 Å². The summed E-state index contributed by atoms with van der Waals surface area (Å²) < 4.78 is 0. The smallest absolute Gasteiger partial charge is 0.129 e. The van der Waals surface area contributed by atoms with Crippen LogP contribution in [0.25, 0.3) is 0 Å². The average molecular weight is 215 g/mol. The number of ketones is 1. The lowest BCUT2D eigenvalue weighted by molar-refractivity contribution is -0.117. The molecule has 1 aliphatic rings. The third-order valence-corrected chi connectivity index (χ3v) is 3.62. The molecule has 1 rings (SSSR count). The van der Waals surface area contributed by atoms with E-state index in [9.17, 15) is 4.79 Å². The molecule has 0 aromatic carbocycles. The summed E-state index contributed by atoms with van der Waals surface area (Å²) in [6.45, 7) is 5.37. The monoisotopic (exact) mass is 215 g/mol. The Morgan fingerprint density at radius 2 is 2.14 bits per heavy atom. The Morgan fingerprint density at radius 1 is 1.29 bits per heavy atom. The number of carbonyl (C=O) groups excluding carboxylic acids is 1. The molecule has 0 amide bonds. The second-order valence-electron chi connectivity index (χ2n) is 3.97. The van der Waals surface area contributed by atoms with Gasteiger partial charge in [-0.15, -0.1) is 0 Å². The van der Waals surface area contributed by atoms with Gasteiger partial charge in [0.1, 0.15) is 5.78 Å². The zero-order chi connectivity index (χ0) is 10.2. The molecule has 3 heteroatoms. The third kappa shape index (κ3) is 5.66. The van der Waals surface area contributed by atoms with Gasteiger partial charge in [-0.25, -0.2) is 0 Å². The van der Waals surface area contributed by atoms with Gasteiger partial charge in [-0.3, -0.25) is 0 Å². The second-order valence-corrected chi connectivity index (χ2v) is 5.19. The Morgan fingerprint density at radius 3 is 2.93 bits per heavy atom. The van der Waals surface area contributed by atoms with E-state index in [1.165, 1.54) is 44.0 Å². The summed E-state index contributed by atoms with van der Waals surface area (Å²) in [6.07, 6.45) is 4.35. The molecule has 82 valence electrons. The quantitative estimate of drug-likeness (QED) is 0.656. The van der Waals surface area contributed by atoms with E-state index in [-0.39, 0.29) is 0 Å². The van der Waals surface area contributed by atoms with E-state index in [0.717, 1.165) is 12.8 Å². The van der Waals surface area contributed by atoms with Crippen molar-refractivity contribution in [1.82, 2.24) is 4.90 Å². The summed E-state index contributed by atoms with van der Waals surface area (Å²) in [5, 5.41) is 0. The van der Waals surface area contributed by atoms with E-state index in [1.807, 2.05) is 0 Å². The first-order chi connectivity index (χ1) is 6.79. The van der Waals surface area contributed by atoms with E-state index < -0.39 is 0 Å². The fraction of sp³-hybridized carbons (Fsp3) is 0.909. The van der Waals surface area contributed by atoms with E-state index in [0.29, 0.717) is 5.78 Å². The van der Waals surface area contributed by atoms with E-state index >= 15 is 0 Å². The average Bonchev–Trinajstić information content (AvgIpc) is 2.40. The molecule has 0 atom stereocenters. The van der Waals surface area contributed by atoms with Crippen LogP contribution in [0.4, 0.5) is 0 Å².